The number of para-hydroxylation sites is 2. The number of hydrogen-bond acceptors (Lipinski definition) is 11. The van der Waals surface area contributed by atoms with Gasteiger partial charge in [0.05, 0.1) is 30.0 Å². The van der Waals surface area contributed by atoms with Crippen molar-refractivity contribution in [1.29, 1.82) is 0 Å². The van der Waals surface area contributed by atoms with Crippen LogP contribution in [0.2, 0.25) is 0 Å². The number of aromatic nitrogens is 5. The molecule has 0 saturated heterocycles. The van der Waals surface area contributed by atoms with Gasteiger partial charge in [0.15, 0.2) is 11.0 Å². The number of benzene rings is 2. The van der Waals surface area contributed by atoms with Crippen LogP contribution in [0.5, 0.6) is 5.75 Å². The molecule has 4 rings (SSSR count). The maximum Gasteiger partial charge on any atom is 0.251 e. The van der Waals surface area contributed by atoms with Gasteiger partial charge in [0, 0.05) is 19.7 Å². The quantitative estimate of drug-likeness (QED) is 0.244. The van der Waals surface area contributed by atoms with Crippen molar-refractivity contribution in [2.24, 2.45) is 0 Å². The number of nitrogens with zero attached hydrogens (tertiary/aromatic N) is 6. The second-order valence-electron chi connectivity index (χ2n) is 8.36. The zero-order valence-corrected chi connectivity index (χ0v) is 24.4. The van der Waals surface area contributed by atoms with E-state index in [0.717, 1.165) is 21.1 Å². The Labute approximate surface area is 239 Å². The molecule has 0 bridgehead atoms. The third-order valence-corrected chi connectivity index (χ3v) is 8.95. The van der Waals surface area contributed by atoms with Crippen molar-refractivity contribution < 1.29 is 22.7 Å². The van der Waals surface area contributed by atoms with Gasteiger partial charge in [-0.2, -0.15) is 0 Å². The summed E-state index contributed by atoms with van der Waals surface area (Å²) in [6, 6.07) is 12.9. The molecule has 210 valence electrons. The number of carbonyl (C=O) groups is 2. The number of sulfonamides is 1. The van der Waals surface area contributed by atoms with Crippen molar-refractivity contribution >= 4 is 50.1 Å². The van der Waals surface area contributed by atoms with E-state index in [0.29, 0.717) is 27.5 Å². The highest BCUT2D eigenvalue weighted by Gasteiger charge is 2.21. The summed E-state index contributed by atoms with van der Waals surface area (Å²) in [6.45, 7) is 1.79. The summed E-state index contributed by atoms with van der Waals surface area (Å²) in [6.07, 6.45) is 0. The van der Waals surface area contributed by atoms with Crippen molar-refractivity contribution in [3.63, 3.8) is 0 Å². The Bertz CT molecular complexity index is 1620. The molecule has 0 aliphatic rings. The number of rotatable bonds is 11. The van der Waals surface area contributed by atoms with Crippen molar-refractivity contribution in [3.05, 3.63) is 64.9 Å². The summed E-state index contributed by atoms with van der Waals surface area (Å²) in [5.74, 6) is 0.255. The minimum Gasteiger partial charge on any atom is -0.495 e. The maximum atomic E-state index is 12.9. The summed E-state index contributed by atoms with van der Waals surface area (Å²) in [5, 5.41) is 23.3. The number of ether oxygens (including phenoxy) is 1. The van der Waals surface area contributed by atoms with Crippen LogP contribution < -0.4 is 15.4 Å². The second-order valence-corrected chi connectivity index (χ2v) is 12.6. The number of carbonyl (C=O) groups excluding carboxylic acids is 2. The fraction of sp³-hybridized carbons (Fsp3) is 0.250. The van der Waals surface area contributed by atoms with Gasteiger partial charge in [-0.05, 0) is 43.3 Å². The topological polar surface area (TPSA) is 161 Å². The first kappa shape index (κ1) is 29.1. The van der Waals surface area contributed by atoms with Crippen LogP contribution in [-0.2, 0) is 21.4 Å². The number of methoxy groups -OCH3 is 1. The van der Waals surface area contributed by atoms with Crippen molar-refractivity contribution in [3.8, 4) is 11.4 Å². The maximum absolute atomic E-state index is 12.9. The number of nitrogens with one attached hydrogen (secondary N) is 2. The molecule has 0 radical (unpaired) electrons. The predicted molar refractivity (Wildman–Crippen MR) is 150 cm³/mol. The highest BCUT2D eigenvalue weighted by atomic mass is 32.2. The third kappa shape index (κ3) is 6.64. The first-order chi connectivity index (χ1) is 19.1. The molecule has 4 aromatic rings. The predicted octanol–water partition coefficient (Wildman–Crippen LogP) is 2.35. The van der Waals surface area contributed by atoms with Gasteiger partial charge in [0.25, 0.3) is 5.91 Å². The SMILES string of the molecule is COc1ccccc1-n1c(CNC(=O)c2ccc(S(=O)(=O)N(C)C)cc2)nnc1SCC(=O)Nc1nnc(C)s1. The van der Waals surface area contributed by atoms with Crippen LogP contribution in [0.1, 0.15) is 21.2 Å². The van der Waals surface area contributed by atoms with E-state index in [1.807, 2.05) is 18.2 Å². The Kier molecular flexibility index (Phi) is 9.14. The average molecular weight is 603 g/mol. The van der Waals surface area contributed by atoms with Gasteiger partial charge in [-0.15, -0.1) is 20.4 Å². The molecule has 0 aliphatic carbocycles. The molecule has 0 spiro atoms. The van der Waals surface area contributed by atoms with Crippen molar-refractivity contribution in [1.82, 2.24) is 34.6 Å². The first-order valence-electron chi connectivity index (χ1n) is 11.7. The minimum absolute atomic E-state index is 0.00154. The third-order valence-electron chi connectivity index (χ3n) is 5.43. The average Bonchev–Trinajstić information content (AvgIpc) is 3.55. The van der Waals surface area contributed by atoms with E-state index in [2.05, 4.69) is 31.0 Å². The monoisotopic (exact) mass is 602 g/mol. The molecular formula is C24H26N8O5S3. The summed E-state index contributed by atoms with van der Waals surface area (Å²) in [7, 11) is 0.798. The Hall–Kier alpha value is -3.86. The summed E-state index contributed by atoms with van der Waals surface area (Å²) in [5.41, 5.74) is 0.902. The molecule has 2 heterocycles. The normalized spacial score (nSPS) is 11.4. The number of hydrogen-bond donors (Lipinski definition) is 2. The van der Waals surface area contributed by atoms with Gasteiger partial charge in [-0.25, -0.2) is 12.7 Å². The number of amides is 2. The van der Waals surface area contributed by atoms with Crippen LogP contribution in [-0.4, -0.2) is 76.5 Å². The fourth-order valence-corrected chi connectivity index (χ4v) is 5.72. The molecule has 2 N–H and O–H groups in total. The van der Waals surface area contributed by atoms with E-state index in [-0.39, 0.29) is 28.7 Å². The van der Waals surface area contributed by atoms with Crippen molar-refractivity contribution in [2.75, 3.05) is 32.3 Å². The second kappa shape index (κ2) is 12.5. The summed E-state index contributed by atoms with van der Waals surface area (Å²) < 4.78 is 32.9. The molecule has 0 fully saturated rings. The molecule has 0 atom stereocenters. The van der Waals surface area contributed by atoms with Gasteiger partial charge >= 0.3 is 0 Å². The Morgan fingerprint density at radius 3 is 2.42 bits per heavy atom. The number of anilines is 1. The molecular weight excluding hydrogens is 577 g/mol. The molecule has 2 aromatic carbocycles. The minimum atomic E-state index is -3.61. The van der Waals surface area contributed by atoms with E-state index in [1.165, 1.54) is 56.8 Å². The fourth-order valence-electron chi connectivity index (χ4n) is 3.45. The van der Waals surface area contributed by atoms with E-state index >= 15 is 0 Å². The van der Waals surface area contributed by atoms with Gasteiger partial charge < -0.3 is 10.1 Å². The van der Waals surface area contributed by atoms with Gasteiger partial charge in [-0.1, -0.05) is 35.2 Å². The highest BCUT2D eigenvalue weighted by Crippen LogP contribution is 2.29. The highest BCUT2D eigenvalue weighted by molar-refractivity contribution is 7.99. The van der Waals surface area contributed by atoms with Crippen molar-refractivity contribution in [2.45, 2.75) is 23.5 Å². The molecule has 13 nitrogen and oxygen atoms in total. The van der Waals surface area contributed by atoms with E-state index in [9.17, 15) is 18.0 Å². The Morgan fingerprint density at radius 1 is 1.05 bits per heavy atom. The zero-order valence-electron chi connectivity index (χ0n) is 22.0. The number of thioether (sulfide) groups is 1. The molecule has 2 amide bonds. The molecule has 0 unspecified atom stereocenters. The summed E-state index contributed by atoms with van der Waals surface area (Å²) in [4.78, 5) is 25.4. The zero-order chi connectivity index (χ0) is 28.9. The molecule has 0 aliphatic heterocycles. The lowest BCUT2D eigenvalue weighted by Gasteiger charge is -2.14. The number of aryl methyl sites for hydroxylation is 1. The molecule has 40 heavy (non-hydrogen) atoms. The summed E-state index contributed by atoms with van der Waals surface area (Å²) >= 11 is 2.43. The lowest BCUT2D eigenvalue weighted by atomic mass is 10.2. The first-order valence-corrected chi connectivity index (χ1v) is 15.0. The van der Waals surface area contributed by atoms with Gasteiger partial charge in [0.1, 0.15) is 10.8 Å². The Balaban J connectivity index is 1.52. The van der Waals surface area contributed by atoms with Crippen LogP contribution in [0.3, 0.4) is 0 Å². The van der Waals surface area contributed by atoms with E-state index < -0.39 is 15.9 Å². The lowest BCUT2D eigenvalue weighted by Crippen LogP contribution is -2.25. The van der Waals surface area contributed by atoms with E-state index in [4.69, 9.17) is 4.74 Å². The van der Waals surface area contributed by atoms with E-state index in [1.54, 1.807) is 17.6 Å². The van der Waals surface area contributed by atoms with Gasteiger partial charge in [0.2, 0.25) is 21.1 Å². The molecule has 2 aromatic heterocycles. The van der Waals surface area contributed by atoms with Crippen LogP contribution in [0.4, 0.5) is 5.13 Å². The standard InChI is InChI=1S/C24H26N8O5S3/c1-15-27-29-23(39-15)26-21(33)14-38-24-30-28-20(32(24)18-7-5-6-8-19(18)37-4)13-25-22(34)16-9-11-17(12-10-16)40(35,36)31(2)3/h5-12H,13-14H2,1-4H3,(H,25,34)(H,26,29,33). The largest absolute Gasteiger partial charge is 0.495 e. The van der Waals surface area contributed by atoms with Crippen LogP contribution >= 0.6 is 23.1 Å². The smallest absolute Gasteiger partial charge is 0.251 e. The molecule has 16 heteroatoms. The lowest BCUT2D eigenvalue weighted by molar-refractivity contribution is -0.113. The molecule has 0 saturated carbocycles. The van der Waals surface area contributed by atoms with Crippen LogP contribution in [0.15, 0.2) is 58.6 Å². The van der Waals surface area contributed by atoms with Crippen LogP contribution in [0.25, 0.3) is 5.69 Å². The Morgan fingerprint density at radius 2 is 1.77 bits per heavy atom. The van der Waals surface area contributed by atoms with Gasteiger partial charge in [-0.3, -0.25) is 19.5 Å². The van der Waals surface area contributed by atoms with Crippen LogP contribution in [0, 0.1) is 6.92 Å².